The SMILES string of the molecule is Cc1cnc(N)c(C(N)c2ccc3ncccc3c2)c1. The van der Waals surface area contributed by atoms with Gasteiger partial charge in [0, 0.05) is 23.3 Å². The molecule has 0 bridgehead atoms. The minimum Gasteiger partial charge on any atom is -0.383 e. The van der Waals surface area contributed by atoms with Gasteiger partial charge in [-0.2, -0.15) is 0 Å². The second kappa shape index (κ2) is 4.90. The molecule has 0 aliphatic carbocycles. The number of pyridine rings is 2. The van der Waals surface area contributed by atoms with Gasteiger partial charge in [-0.25, -0.2) is 4.98 Å². The highest BCUT2D eigenvalue weighted by molar-refractivity contribution is 5.79. The van der Waals surface area contributed by atoms with Gasteiger partial charge in [0.05, 0.1) is 11.6 Å². The Morgan fingerprint density at radius 2 is 1.95 bits per heavy atom. The minimum atomic E-state index is -0.285. The average molecular weight is 264 g/mol. The van der Waals surface area contributed by atoms with Crippen LogP contribution in [0, 0.1) is 6.92 Å². The van der Waals surface area contributed by atoms with Gasteiger partial charge in [-0.05, 0) is 42.3 Å². The second-order valence-electron chi connectivity index (χ2n) is 4.92. The van der Waals surface area contributed by atoms with Crippen LogP contribution in [0.2, 0.25) is 0 Å². The van der Waals surface area contributed by atoms with Gasteiger partial charge < -0.3 is 11.5 Å². The molecular formula is C16H16N4. The minimum absolute atomic E-state index is 0.285. The van der Waals surface area contributed by atoms with E-state index < -0.39 is 0 Å². The first-order valence-electron chi connectivity index (χ1n) is 6.47. The van der Waals surface area contributed by atoms with Crippen molar-refractivity contribution in [1.82, 2.24) is 9.97 Å². The Kier molecular flexibility index (Phi) is 3.08. The Morgan fingerprint density at radius 1 is 1.10 bits per heavy atom. The van der Waals surface area contributed by atoms with E-state index in [0.29, 0.717) is 5.82 Å². The summed E-state index contributed by atoms with van der Waals surface area (Å²) in [6, 6.07) is 11.7. The highest BCUT2D eigenvalue weighted by atomic mass is 14.8. The number of aryl methyl sites for hydroxylation is 1. The van der Waals surface area contributed by atoms with E-state index >= 15 is 0 Å². The van der Waals surface area contributed by atoms with Gasteiger partial charge in [0.1, 0.15) is 5.82 Å². The third-order valence-electron chi connectivity index (χ3n) is 3.41. The molecule has 4 nitrogen and oxygen atoms in total. The number of anilines is 1. The molecule has 4 N–H and O–H groups in total. The molecule has 0 aliphatic rings. The fraction of sp³-hybridized carbons (Fsp3) is 0.125. The van der Waals surface area contributed by atoms with E-state index in [2.05, 4.69) is 16.0 Å². The zero-order valence-corrected chi connectivity index (χ0v) is 11.2. The Hall–Kier alpha value is -2.46. The number of hydrogen-bond acceptors (Lipinski definition) is 4. The highest BCUT2D eigenvalue weighted by Crippen LogP contribution is 2.26. The number of hydrogen-bond donors (Lipinski definition) is 2. The molecule has 20 heavy (non-hydrogen) atoms. The summed E-state index contributed by atoms with van der Waals surface area (Å²) in [5.41, 5.74) is 16.1. The maximum Gasteiger partial charge on any atom is 0.128 e. The number of nitrogens with two attached hydrogens (primary N) is 2. The molecule has 0 saturated carbocycles. The van der Waals surface area contributed by atoms with Gasteiger partial charge in [0.2, 0.25) is 0 Å². The monoisotopic (exact) mass is 264 g/mol. The summed E-state index contributed by atoms with van der Waals surface area (Å²) in [6.45, 7) is 1.98. The first-order chi connectivity index (χ1) is 9.65. The molecule has 0 fully saturated rings. The van der Waals surface area contributed by atoms with Gasteiger partial charge in [-0.3, -0.25) is 4.98 Å². The van der Waals surface area contributed by atoms with Gasteiger partial charge in [-0.1, -0.05) is 12.1 Å². The Morgan fingerprint density at radius 3 is 2.80 bits per heavy atom. The van der Waals surface area contributed by atoms with E-state index in [-0.39, 0.29) is 6.04 Å². The van der Waals surface area contributed by atoms with Crippen LogP contribution in [0.1, 0.15) is 22.7 Å². The Bertz CT molecular complexity index is 767. The topological polar surface area (TPSA) is 77.8 Å². The molecule has 0 radical (unpaired) electrons. The van der Waals surface area contributed by atoms with Crippen molar-refractivity contribution in [3.63, 3.8) is 0 Å². The molecular weight excluding hydrogens is 248 g/mol. The van der Waals surface area contributed by atoms with E-state index in [1.807, 2.05) is 37.3 Å². The maximum absolute atomic E-state index is 6.34. The third kappa shape index (κ3) is 2.21. The molecule has 2 aromatic heterocycles. The van der Waals surface area contributed by atoms with E-state index in [9.17, 15) is 0 Å². The normalized spacial score (nSPS) is 12.5. The molecule has 0 spiro atoms. The summed E-state index contributed by atoms with van der Waals surface area (Å²) >= 11 is 0. The fourth-order valence-electron chi connectivity index (χ4n) is 2.32. The summed E-state index contributed by atoms with van der Waals surface area (Å²) in [7, 11) is 0. The van der Waals surface area contributed by atoms with Crippen molar-refractivity contribution >= 4 is 16.7 Å². The van der Waals surface area contributed by atoms with E-state index in [1.165, 1.54) is 0 Å². The van der Waals surface area contributed by atoms with Crippen LogP contribution in [0.4, 0.5) is 5.82 Å². The van der Waals surface area contributed by atoms with E-state index in [0.717, 1.165) is 27.6 Å². The summed E-state index contributed by atoms with van der Waals surface area (Å²) in [4.78, 5) is 8.48. The summed E-state index contributed by atoms with van der Waals surface area (Å²) in [5.74, 6) is 0.481. The Balaban J connectivity index is 2.07. The number of nitrogens with zero attached hydrogens (tertiary/aromatic N) is 2. The molecule has 0 saturated heterocycles. The van der Waals surface area contributed by atoms with Crippen LogP contribution in [-0.4, -0.2) is 9.97 Å². The van der Waals surface area contributed by atoms with Gasteiger partial charge in [-0.15, -0.1) is 0 Å². The predicted molar refractivity (Wildman–Crippen MR) is 81.2 cm³/mol. The van der Waals surface area contributed by atoms with Crippen molar-refractivity contribution in [3.8, 4) is 0 Å². The maximum atomic E-state index is 6.34. The van der Waals surface area contributed by atoms with Crippen LogP contribution < -0.4 is 11.5 Å². The molecule has 0 aliphatic heterocycles. The van der Waals surface area contributed by atoms with Crippen LogP contribution in [0.3, 0.4) is 0 Å². The zero-order valence-electron chi connectivity index (χ0n) is 11.2. The molecule has 0 amide bonds. The van der Waals surface area contributed by atoms with Crippen LogP contribution in [-0.2, 0) is 0 Å². The Labute approximate surface area is 117 Å². The summed E-state index contributed by atoms with van der Waals surface area (Å²) in [6.07, 6.45) is 3.53. The lowest BCUT2D eigenvalue weighted by atomic mass is 9.98. The fourth-order valence-corrected chi connectivity index (χ4v) is 2.32. The quantitative estimate of drug-likeness (QED) is 0.745. The van der Waals surface area contributed by atoms with Crippen LogP contribution in [0.25, 0.3) is 10.9 Å². The van der Waals surface area contributed by atoms with Crippen molar-refractivity contribution < 1.29 is 0 Å². The van der Waals surface area contributed by atoms with Crippen molar-refractivity contribution in [3.05, 3.63) is 65.5 Å². The van der Waals surface area contributed by atoms with E-state index in [4.69, 9.17) is 11.5 Å². The van der Waals surface area contributed by atoms with Crippen molar-refractivity contribution in [2.45, 2.75) is 13.0 Å². The summed E-state index contributed by atoms with van der Waals surface area (Å²) < 4.78 is 0. The van der Waals surface area contributed by atoms with Crippen LogP contribution >= 0.6 is 0 Å². The lowest BCUT2D eigenvalue weighted by Gasteiger charge is -2.15. The van der Waals surface area contributed by atoms with Crippen LogP contribution in [0.5, 0.6) is 0 Å². The van der Waals surface area contributed by atoms with Gasteiger partial charge >= 0.3 is 0 Å². The smallest absolute Gasteiger partial charge is 0.128 e. The number of fused-ring (bicyclic) bond motifs is 1. The van der Waals surface area contributed by atoms with Crippen molar-refractivity contribution in [2.75, 3.05) is 5.73 Å². The average Bonchev–Trinajstić information content (AvgIpc) is 2.48. The number of nitrogen functional groups attached to an aromatic ring is 1. The highest BCUT2D eigenvalue weighted by Gasteiger charge is 2.13. The lowest BCUT2D eigenvalue weighted by molar-refractivity contribution is 0.867. The van der Waals surface area contributed by atoms with Crippen molar-refractivity contribution in [2.24, 2.45) is 5.73 Å². The molecule has 2 heterocycles. The zero-order chi connectivity index (χ0) is 14.1. The largest absolute Gasteiger partial charge is 0.383 e. The summed E-state index contributed by atoms with van der Waals surface area (Å²) in [5, 5.41) is 1.07. The molecule has 3 aromatic rings. The lowest BCUT2D eigenvalue weighted by Crippen LogP contribution is -2.15. The first kappa shape index (κ1) is 12.6. The number of aromatic nitrogens is 2. The van der Waals surface area contributed by atoms with Crippen molar-refractivity contribution in [1.29, 1.82) is 0 Å². The second-order valence-corrected chi connectivity index (χ2v) is 4.92. The van der Waals surface area contributed by atoms with E-state index in [1.54, 1.807) is 12.4 Å². The molecule has 100 valence electrons. The molecule has 1 unspecified atom stereocenters. The van der Waals surface area contributed by atoms with Gasteiger partial charge in [0.15, 0.2) is 0 Å². The predicted octanol–water partition coefficient (Wildman–Crippen LogP) is 2.57. The molecule has 1 atom stereocenters. The molecule has 1 aromatic carbocycles. The van der Waals surface area contributed by atoms with Crippen LogP contribution in [0.15, 0.2) is 48.8 Å². The molecule has 4 heteroatoms. The molecule has 3 rings (SSSR count). The third-order valence-corrected chi connectivity index (χ3v) is 3.41. The van der Waals surface area contributed by atoms with Gasteiger partial charge in [0.25, 0.3) is 0 Å². The number of rotatable bonds is 2. The standard InChI is InChI=1S/C16H16N4/c1-10-7-13(16(18)20-9-10)15(17)12-4-5-14-11(8-12)3-2-6-19-14/h2-9,15H,17H2,1H3,(H2,18,20). The first-order valence-corrected chi connectivity index (χ1v) is 6.47. The number of benzene rings is 1.